The number of carbonyl (C=O) groups excluding carboxylic acids is 1. The molecule has 1 saturated heterocycles. The van der Waals surface area contributed by atoms with Gasteiger partial charge in [-0.1, -0.05) is 43.3 Å². The average Bonchev–Trinajstić information content (AvgIpc) is 3.14. The Morgan fingerprint density at radius 1 is 1.09 bits per heavy atom. The molecule has 1 aliphatic rings. The predicted molar refractivity (Wildman–Crippen MR) is 133 cm³/mol. The second-order valence-corrected chi connectivity index (χ2v) is 10.3. The maximum absolute atomic E-state index is 13.6. The van der Waals surface area contributed by atoms with Crippen molar-refractivity contribution >= 4 is 46.0 Å². The lowest BCUT2D eigenvalue weighted by atomic mass is 9.99. The molecule has 0 N–H and O–H groups in total. The molecule has 0 unspecified atom stereocenters. The van der Waals surface area contributed by atoms with Crippen LogP contribution in [-0.4, -0.2) is 32.9 Å². The van der Waals surface area contributed by atoms with Crippen LogP contribution in [0.4, 0.5) is 0 Å². The van der Waals surface area contributed by atoms with Crippen LogP contribution in [0.15, 0.2) is 53.3 Å². The molecule has 1 fully saturated rings. The van der Waals surface area contributed by atoms with Crippen molar-refractivity contribution in [2.75, 3.05) is 13.1 Å². The van der Waals surface area contributed by atoms with Crippen molar-refractivity contribution in [2.45, 2.75) is 33.2 Å². The number of hydrogen-bond donors (Lipinski definition) is 0. The van der Waals surface area contributed by atoms with Crippen LogP contribution in [0.2, 0.25) is 0 Å². The predicted octanol–water partition coefficient (Wildman–Crippen LogP) is 5.28. The number of nitrogens with zero attached hydrogens (tertiary/aromatic N) is 3. The van der Waals surface area contributed by atoms with Crippen molar-refractivity contribution in [3.8, 4) is 10.4 Å². The van der Waals surface area contributed by atoms with Gasteiger partial charge < -0.3 is 4.90 Å². The summed E-state index contributed by atoms with van der Waals surface area (Å²) in [7, 11) is 0. The molecule has 32 heavy (non-hydrogen) atoms. The minimum atomic E-state index is -0.151. The average molecular weight is 464 g/mol. The first-order chi connectivity index (χ1) is 15.5. The van der Waals surface area contributed by atoms with E-state index < -0.39 is 0 Å². The van der Waals surface area contributed by atoms with Gasteiger partial charge in [0.1, 0.15) is 12.2 Å². The summed E-state index contributed by atoms with van der Waals surface area (Å²) in [6, 6.07) is 15.6. The molecule has 0 spiro atoms. The number of para-hydroxylation sites is 1. The molecule has 5 nitrogen and oxygen atoms in total. The van der Waals surface area contributed by atoms with Gasteiger partial charge in [0.15, 0.2) is 3.95 Å². The van der Waals surface area contributed by atoms with E-state index in [0.29, 0.717) is 20.9 Å². The van der Waals surface area contributed by atoms with Crippen molar-refractivity contribution in [3.63, 3.8) is 0 Å². The Labute approximate surface area is 195 Å². The van der Waals surface area contributed by atoms with Gasteiger partial charge in [-0.3, -0.25) is 18.6 Å². The molecule has 7 heteroatoms. The van der Waals surface area contributed by atoms with Crippen molar-refractivity contribution < 1.29 is 4.79 Å². The minimum absolute atomic E-state index is 0.0102. The summed E-state index contributed by atoms with van der Waals surface area (Å²) in [5.74, 6) is 0.626. The van der Waals surface area contributed by atoms with E-state index in [0.717, 1.165) is 47.5 Å². The summed E-state index contributed by atoms with van der Waals surface area (Å²) < 4.78 is 4.27. The van der Waals surface area contributed by atoms with Crippen LogP contribution in [0.1, 0.15) is 25.3 Å². The summed E-state index contributed by atoms with van der Waals surface area (Å²) in [6.07, 6.45) is 2.01. The highest BCUT2D eigenvalue weighted by molar-refractivity contribution is 7.73. The van der Waals surface area contributed by atoms with E-state index in [1.165, 1.54) is 11.3 Å². The summed E-state index contributed by atoms with van der Waals surface area (Å²) in [4.78, 5) is 29.7. The third-order valence-electron chi connectivity index (χ3n) is 6.48. The highest BCUT2D eigenvalue weighted by Crippen LogP contribution is 2.35. The number of thiazole rings is 1. The van der Waals surface area contributed by atoms with Crippen molar-refractivity contribution in [1.29, 1.82) is 0 Å². The molecule has 1 aliphatic heterocycles. The lowest BCUT2D eigenvalue weighted by Gasteiger charge is -2.30. The summed E-state index contributed by atoms with van der Waals surface area (Å²) in [5, 5.41) is 0.574. The number of amides is 1. The fraction of sp³-hybridized carbons (Fsp3) is 0.320. The molecule has 0 radical (unpaired) electrons. The smallest absolute Gasteiger partial charge is 0.262 e. The van der Waals surface area contributed by atoms with Crippen molar-refractivity contribution in [3.05, 3.63) is 68.4 Å². The molecule has 0 saturated carbocycles. The zero-order valence-corrected chi connectivity index (χ0v) is 19.8. The van der Waals surface area contributed by atoms with Gasteiger partial charge >= 0.3 is 0 Å². The largest absolute Gasteiger partial charge is 0.341 e. The number of fused-ring (bicyclic) bond motifs is 3. The first-order valence-corrected chi connectivity index (χ1v) is 12.2. The number of hydrogen-bond acceptors (Lipinski definition) is 4. The summed E-state index contributed by atoms with van der Waals surface area (Å²) in [5.41, 5.74) is 3.48. The van der Waals surface area contributed by atoms with Crippen LogP contribution < -0.4 is 5.56 Å². The molecule has 5 rings (SSSR count). The number of benzene rings is 2. The van der Waals surface area contributed by atoms with Gasteiger partial charge in [-0.25, -0.2) is 0 Å². The van der Waals surface area contributed by atoms with Gasteiger partial charge in [0, 0.05) is 13.1 Å². The van der Waals surface area contributed by atoms with Gasteiger partial charge in [-0.15, -0.1) is 11.3 Å². The standard InChI is InChI=1S/C25H25N3O2S2/c1-16-11-13-26(14-12-16)21(29)15-27-23-22(18-8-4-3-7-17(18)2)32-25(31)28(23)20-10-6-5-9-19(20)24(27)30/h3-10,16H,11-15H2,1-2H3. The van der Waals surface area contributed by atoms with Crippen LogP contribution >= 0.6 is 23.6 Å². The van der Waals surface area contributed by atoms with Crippen LogP contribution in [0.3, 0.4) is 0 Å². The van der Waals surface area contributed by atoms with Crippen LogP contribution in [-0.2, 0) is 11.3 Å². The fourth-order valence-electron chi connectivity index (χ4n) is 4.56. The molecule has 0 atom stereocenters. The molecular weight excluding hydrogens is 438 g/mol. The van der Waals surface area contributed by atoms with E-state index >= 15 is 0 Å². The number of aryl methyl sites for hydroxylation is 1. The zero-order chi connectivity index (χ0) is 22.4. The molecule has 3 heterocycles. The SMILES string of the molecule is Cc1ccccc1-c1sc(=S)n2c3ccccc3c(=O)n(CC(=O)N3CCC(C)CC3)c12. The van der Waals surface area contributed by atoms with Gasteiger partial charge in [-0.2, -0.15) is 0 Å². The minimum Gasteiger partial charge on any atom is -0.341 e. The van der Waals surface area contributed by atoms with E-state index in [2.05, 4.69) is 19.9 Å². The van der Waals surface area contributed by atoms with Gasteiger partial charge in [0.05, 0.1) is 15.8 Å². The van der Waals surface area contributed by atoms with Crippen LogP contribution in [0.5, 0.6) is 0 Å². The van der Waals surface area contributed by atoms with Gasteiger partial charge in [0.25, 0.3) is 5.56 Å². The Bertz CT molecular complexity index is 1460. The van der Waals surface area contributed by atoms with Crippen molar-refractivity contribution in [2.24, 2.45) is 5.92 Å². The normalized spacial score (nSPS) is 15.0. The molecule has 164 valence electrons. The van der Waals surface area contributed by atoms with E-state index in [9.17, 15) is 9.59 Å². The Kier molecular flexibility index (Phi) is 5.47. The monoisotopic (exact) mass is 463 g/mol. The van der Waals surface area contributed by atoms with E-state index in [1.807, 2.05) is 51.8 Å². The number of piperidine rings is 1. The highest BCUT2D eigenvalue weighted by atomic mass is 32.1. The summed E-state index contributed by atoms with van der Waals surface area (Å²) in [6.45, 7) is 5.79. The fourth-order valence-corrected chi connectivity index (χ4v) is 6.07. The lowest BCUT2D eigenvalue weighted by molar-refractivity contribution is -0.133. The highest BCUT2D eigenvalue weighted by Gasteiger charge is 2.24. The molecular formula is C25H25N3O2S2. The number of rotatable bonds is 3. The van der Waals surface area contributed by atoms with Crippen LogP contribution in [0, 0.1) is 16.8 Å². The van der Waals surface area contributed by atoms with Crippen LogP contribution in [0.25, 0.3) is 27.0 Å². The molecule has 2 aromatic carbocycles. The van der Waals surface area contributed by atoms with E-state index in [4.69, 9.17) is 12.2 Å². The molecule has 4 aromatic rings. The molecule has 2 aromatic heterocycles. The van der Waals surface area contributed by atoms with Crippen molar-refractivity contribution in [1.82, 2.24) is 13.9 Å². The third kappa shape index (κ3) is 3.49. The Hall–Kier alpha value is -2.77. The molecule has 0 aliphatic carbocycles. The lowest BCUT2D eigenvalue weighted by Crippen LogP contribution is -2.41. The second kappa shape index (κ2) is 8.30. The van der Waals surface area contributed by atoms with E-state index in [-0.39, 0.29) is 18.0 Å². The third-order valence-corrected chi connectivity index (χ3v) is 7.88. The number of carbonyl (C=O) groups is 1. The Balaban J connectivity index is 1.76. The van der Waals surface area contributed by atoms with E-state index in [1.54, 1.807) is 4.57 Å². The molecule has 1 amide bonds. The van der Waals surface area contributed by atoms with Gasteiger partial charge in [-0.05, 0) is 61.2 Å². The number of aromatic nitrogens is 2. The van der Waals surface area contributed by atoms with Gasteiger partial charge in [0.2, 0.25) is 5.91 Å². The first kappa shape index (κ1) is 21.1. The number of likely N-dealkylation sites (tertiary alicyclic amines) is 1. The second-order valence-electron chi connectivity index (χ2n) is 8.64. The maximum Gasteiger partial charge on any atom is 0.262 e. The summed E-state index contributed by atoms with van der Waals surface area (Å²) >= 11 is 7.26. The zero-order valence-electron chi connectivity index (χ0n) is 18.2. The maximum atomic E-state index is 13.6. The Morgan fingerprint density at radius 3 is 2.53 bits per heavy atom. The molecule has 0 bridgehead atoms. The Morgan fingerprint density at radius 2 is 1.78 bits per heavy atom. The quantitative estimate of drug-likeness (QED) is 0.389. The topological polar surface area (TPSA) is 46.7 Å². The first-order valence-electron chi connectivity index (χ1n) is 11.0.